The minimum atomic E-state index is 0.0849. The number of pyridine rings is 1. The third-order valence-corrected chi connectivity index (χ3v) is 5.04. The molecule has 0 unspecified atom stereocenters. The normalized spacial score (nSPS) is 14.9. The van der Waals surface area contributed by atoms with E-state index < -0.39 is 0 Å². The molecule has 0 atom stereocenters. The third-order valence-electron chi connectivity index (χ3n) is 5.04. The predicted octanol–water partition coefficient (Wildman–Crippen LogP) is 4.75. The number of nitrogen functional groups attached to an aromatic ring is 1. The lowest BCUT2D eigenvalue weighted by atomic mass is 9.98. The number of morpholine rings is 1. The summed E-state index contributed by atoms with van der Waals surface area (Å²) in [6, 6.07) is 16.5. The number of para-hydroxylation sites is 2. The molecule has 3 aromatic rings. The molecule has 0 radical (unpaired) electrons. The van der Waals surface area contributed by atoms with E-state index in [1.165, 1.54) is 0 Å². The molecule has 2 heterocycles. The summed E-state index contributed by atoms with van der Waals surface area (Å²) in [6.07, 6.45) is 0. The Balaban J connectivity index is 1.77. The number of aromatic nitrogens is 1. The summed E-state index contributed by atoms with van der Waals surface area (Å²) >= 11 is 0. The van der Waals surface area contributed by atoms with Gasteiger partial charge < -0.3 is 20.1 Å². The second-order valence-electron chi connectivity index (χ2n) is 8.71. The van der Waals surface area contributed by atoms with Crippen LogP contribution in [0.15, 0.2) is 48.5 Å². The Labute approximate surface area is 172 Å². The molecule has 2 aromatic carbocycles. The molecule has 1 aliphatic heterocycles. The standard InChI is InChI=1S/C24H29N3O2/c1-24(2,3)16-29-21-10-5-4-8-18(21)19-9-6-7-17-15-20(23(25)26-22(17)19)27-11-13-28-14-12-27/h4-10,15H,11-14,16H2,1-3H3,(H2,25,26). The van der Waals surface area contributed by atoms with Gasteiger partial charge in [0.1, 0.15) is 11.6 Å². The molecule has 0 bridgehead atoms. The average molecular weight is 392 g/mol. The first-order chi connectivity index (χ1) is 13.9. The first kappa shape index (κ1) is 19.5. The molecular formula is C24H29N3O2. The fraction of sp³-hybridized carbons (Fsp3) is 0.375. The predicted molar refractivity (Wildman–Crippen MR) is 120 cm³/mol. The maximum atomic E-state index is 6.39. The zero-order valence-electron chi connectivity index (χ0n) is 17.4. The van der Waals surface area contributed by atoms with Crippen LogP contribution in [0.4, 0.5) is 11.5 Å². The van der Waals surface area contributed by atoms with Crippen LogP contribution in [-0.2, 0) is 4.74 Å². The Morgan fingerprint density at radius 1 is 1.03 bits per heavy atom. The molecule has 0 spiro atoms. The quantitative estimate of drug-likeness (QED) is 0.696. The topological polar surface area (TPSA) is 60.6 Å². The van der Waals surface area contributed by atoms with Crippen molar-refractivity contribution < 1.29 is 9.47 Å². The first-order valence-electron chi connectivity index (χ1n) is 10.2. The van der Waals surface area contributed by atoms with Crippen LogP contribution in [0, 0.1) is 5.41 Å². The second kappa shape index (κ2) is 7.91. The Hall–Kier alpha value is -2.79. The Kier molecular flexibility index (Phi) is 5.33. The van der Waals surface area contributed by atoms with Crippen molar-refractivity contribution >= 4 is 22.4 Å². The Bertz CT molecular complexity index is 1000. The molecule has 0 saturated carbocycles. The van der Waals surface area contributed by atoms with Gasteiger partial charge in [-0.15, -0.1) is 0 Å². The minimum absolute atomic E-state index is 0.0849. The van der Waals surface area contributed by atoms with Crippen LogP contribution in [0.3, 0.4) is 0 Å². The highest BCUT2D eigenvalue weighted by Gasteiger charge is 2.18. The molecule has 0 amide bonds. The van der Waals surface area contributed by atoms with Crippen molar-refractivity contribution in [2.24, 2.45) is 5.41 Å². The third kappa shape index (κ3) is 4.30. The Morgan fingerprint density at radius 2 is 1.76 bits per heavy atom. The van der Waals surface area contributed by atoms with E-state index in [1.54, 1.807) is 0 Å². The number of hydrogen-bond acceptors (Lipinski definition) is 5. The zero-order chi connectivity index (χ0) is 20.4. The van der Waals surface area contributed by atoms with Gasteiger partial charge in [-0.25, -0.2) is 4.98 Å². The molecule has 0 aliphatic carbocycles. The number of fused-ring (bicyclic) bond motifs is 1. The summed E-state index contributed by atoms with van der Waals surface area (Å²) in [7, 11) is 0. The maximum Gasteiger partial charge on any atom is 0.147 e. The van der Waals surface area contributed by atoms with Crippen LogP contribution in [0.1, 0.15) is 20.8 Å². The van der Waals surface area contributed by atoms with Gasteiger partial charge in [0.25, 0.3) is 0 Å². The van der Waals surface area contributed by atoms with Crippen molar-refractivity contribution in [2.45, 2.75) is 20.8 Å². The molecule has 4 rings (SSSR count). The first-order valence-corrected chi connectivity index (χ1v) is 10.2. The minimum Gasteiger partial charge on any atom is -0.492 e. The van der Waals surface area contributed by atoms with E-state index in [0.29, 0.717) is 12.4 Å². The number of nitrogens with zero attached hydrogens (tertiary/aromatic N) is 2. The van der Waals surface area contributed by atoms with Gasteiger partial charge in [-0.2, -0.15) is 0 Å². The molecule has 1 aliphatic rings. The molecular weight excluding hydrogens is 362 g/mol. The highest BCUT2D eigenvalue weighted by molar-refractivity contribution is 5.98. The van der Waals surface area contributed by atoms with Gasteiger partial charge in [-0.1, -0.05) is 57.2 Å². The van der Waals surface area contributed by atoms with E-state index in [0.717, 1.165) is 59.8 Å². The monoisotopic (exact) mass is 391 g/mol. The van der Waals surface area contributed by atoms with Crippen molar-refractivity contribution in [2.75, 3.05) is 43.5 Å². The van der Waals surface area contributed by atoms with Crippen LogP contribution in [0.5, 0.6) is 5.75 Å². The van der Waals surface area contributed by atoms with Crippen LogP contribution >= 0.6 is 0 Å². The summed E-state index contributed by atoms with van der Waals surface area (Å²) in [5.74, 6) is 1.42. The van der Waals surface area contributed by atoms with Gasteiger partial charge in [0, 0.05) is 29.6 Å². The number of hydrogen-bond donors (Lipinski definition) is 1. The molecule has 5 nitrogen and oxygen atoms in total. The molecule has 29 heavy (non-hydrogen) atoms. The van der Waals surface area contributed by atoms with Crippen LogP contribution in [0.2, 0.25) is 0 Å². The van der Waals surface area contributed by atoms with Gasteiger partial charge in [0.15, 0.2) is 0 Å². The van der Waals surface area contributed by atoms with Gasteiger partial charge in [-0.3, -0.25) is 0 Å². The number of benzene rings is 2. The van der Waals surface area contributed by atoms with Crippen molar-refractivity contribution in [1.29, 1.82) is 0 Å². The summed E-state index contributed by atoms with van der Waals surface area (Å²) in [6.45, 7) is 10.3. The summed E-state index contributed by atoms with van der Waals surface area (Å²) in [5.41, 5.74) is 10.4. The molecule has 5 heteroatoms. The van der Waals surface area contributed by atoms with Gasteiger partial charge in [-0.05, 0) is 17.5 Å². The largest absolute Gasteiger partial charge is 0.492 e. The summed E-state index contributed by atoms with van der Waals surface area (Å²) in [5, 5.41) is 1.07. The lowest BCUT2D eigenvalue weighted by molar-refractivity contribution is 0.123. The van der Waals surface area contributed by atoms with Crippen molar-refractivity contribution in [3.63, 3.8) is 0 Å². The van der Waals surface area contributed by atoms with Crippen LogP contribution < -0.4 is 15.4 Å². The Morgan fingerprint density at radius 3 is 2.52 bits per heavy atom. The van der Waals surface area contributed by atoms with Crippen molar-refractivity contribution in [3.05, 3.63) is 48.5 Å². The van der Waals surface area contributed by atoms with E-state index in [-0.39, 0.29) is 5.41 Å². The van der Waals surface area contributed by atoms with Gasteiger partial charge >= 0.3 is 0 Å². The second-order valence-corrected chi connectivity index (χ2v) is 8.71. The lowest BCUT2D eigenvalue weighted by Crippen LogP contribution is -2.36. The maximum absolute atomic E-state index is 6.39. The smallest absolute Gasteiger partial charge is 0.147 e. The highest BCUT2D eigenvalue weighted by Crippen LogP contribution is 2.37. The van der Waals surface area contributed by atoms with E-state index in [4.69, 9.17) is 20.2 Å². The molecule has 2 N–H and O–H groups in total. The number of ether oxygens (including phenoxy) is 2. The number of anilines is 2. The van der Waals surface area contributed by atoms with Crippen molar-refractivity contribution in [3.8, 4) is 16.9 Å². The fourth-order valence-electron chi connectivity index (χ4n) is 3.59. The van der Waals surface area contributed by atoms with Crippen LogP contribution in [-0.4, -0.2) is 37.9 Å². The molecule has 1 fully saturated rings. The lowest BCUT2D eigenvalue weighted by Gasteiger charge is -2.29. The molecule has 1 saturated heterocycles. The zero-order valence-corrected chi connectivity index (χ0v) is 17.4. The van der Waals surface area contributed by atoms with E-state index >= 15 is 0 Å². The fourth-order valence-corrected chi connectivity index (χ4v) is 3.59. The highest BCUT2D eigenvalue weighted by atomic mass is 16.5. The van der Waals surface area contributed by atoms with E-state index in [9.17, 15) is 0 Å². The number of rotatable bonds is 4. The van der Waals surface area contributed by atoms with Crippen LogP contribution in [0.25, 0.3) is 22.0 Å². The number of nitrogens with two attached hydrogens (primary N) is 1. The average Bonchev–Trinajstić information content (AvgIpc) is 2.72. The molecule has 1 aromatic heterocycles. The SMILES string of the molecule is CC(C)(C)COc1ccccc1-c1cccc2cc(N3CCOCC3)c(N)nc12. The van der Waals surface area contributed by atoms with Crippen molar-refractivity contribution in [1.82, 2.24) is 4.98 Å². The summed E-state index contributed by atoms with van der Waals surface area (Å²) in [4.78, 5) is 7.07. The molecule has 152 valence electrons. The van der Waals surface area contributed by atoms with Gasteiger partial charge in [0.05, 0.1) is 31.0 Å². The van der Waals surface area contributed by atoms with Gasteiger partial charge in [0.2, 0.25) is 0 Å². The summed E-state index contributed by atoms with van der Waals surface area (Å²) < 4.78 is 11.6. The van der Waals surface area contributed by atoms with E-state index in [1.807, 2.05) is 18.2 Å². The van der Waals surface area contributed by atoms with E-state index in [2.05, 4.69) is 56.0 Å².